The first-order valence-corrected chi connectivity index (χ1v) is 8.98. The number of carbonyl (C=O) groups is 2. The summed E-state index contributed by atoms with van der Waals surface area (Å²) in [5.74, 6) is -0.654. The van der Waals surface area contributed by atoms with Crippen LogP contribution in [0.5, 0.6) is 0 Å². The van der Waals surface area contributed by atoms with Crippen LogP contribution in [-0.4, -0.2) is 50.8 Å². The molecule has 2 amide bonds. The molecule has 2 aromatic heterocycles. The van der Waals surface area contributed by atoms with Crippen molar-refractivity contribution in [1.82, 2.24) is 19.9 Å². The number of carbonyl (C=O) groups excluding carboxylic acids is 2. The van der Waals surface area contributed by atoms with Crippen molar-refractivity contribution in [2.75, 3.05) is 23.7 Å². The molecule has 28 heavy (non-hydrogen) atoms. The molecule has 0 spiro atoms. The number of nitrogens with zero attached hydrogens (tertiary/aromatic N) is 4. The fraction of sp³-hybridized carbons (Fsp3) is 0.312. The molecule has 0 aliphatic carbocycles. The molecular weight excluding hydrogens is 397 g/mol. The number of nitrogens with one attached hydrogen (secondary N) is 2. The first kappa shape index (κ1) is 19.7. The largest absolute Gasteiger partial charge is 0.419 e. The summed E-state index contributed by atoms with van der Waals surface area (Å²) in [6.07, 6.45) is -1.39. The van der Waals surface area contributed by atoms with Crippen LogP contribution in [0.15, 0.2) is 30.4 Å². The predicted molar refractivity (Wildman–Crippen MR) is 95.9 cm³/mol. The van der Waals surface area contributed by atoms with Gasteiger partial charge < -0.3 is 10.2 Å². The van der Waals surface area contributed by atoms with E-state index < -0.39 is 17.6 Å². The van der Waals surface area contributed by atoms with Crippen LogP contribution in [0.3, 0.4) is 0 Å². The van der Waals surface area contributed by atoms with E-state index in [0.29, 0.717) is 37.0 Å². The number of alkyl halides is 3. The maximum absolute atomic E-state index is 12.5. The minimum Gasteiger partial charge on any atom is -0.350 e. The lowest BCUT2D eigenvalue weighted by Crippen LogP contribution is -2.32. The van der Waals surface area contributed by atoms with Crippen LogP contribution in [0.4, 0.5) is 24.3 Å². The van der Waals surface area contributed by atoms with E-state index in [1.54, 1.807) is 10.3 Å². The van der Waals surface area contributed by atoms with E-state index in [1.807, 2.05) is 0 Å². The van der Waals surface area contributed by atoms with Crippen LogP contribution in [0, 0.1) is 0 Å². The number of hydrogen-bond donors (Lipinski definition) is 2. The molecule has 1 aliphatic rings. The van der Waals surface area contributed by atoms with Crippen molar-refractivity contribution in [3.05, 3.63) is 41.7 Å². The summed E-state index contributed by atoms with van der Waals surface area (Å²) in [7, 11) is 0. The smallest absolute Gasteiger partial charge is 0.350 e. The topological polar surface area (TPSA) is 100 Å². The average molecular weight is 412 g/mol. The van der Waals surface area contributed by atoms with Gasteiger partial charge in [0.2, 0.25) is 11.9 Å². The van der Waals surface area contributed by atoms with Gasteiger partial charge in [0.15, 0.2) is 5.13 Å². The Hall–Kier alpha value is -3.02. The first-order valence-electron chi connectivity index (χ1n) is 8.10. The fourth-order valence-corrected chi connectivity index (χ4v) is 3.23. The lowest BCUT2D eigenvalue weighted by atomic mass is 10.3. The van der Waals surface area contributed by atoms with Gasteiger partial charge in [0, 0.05) is 36.9 Å². The molecule has 1 fully saturated rings. The third kappa shape index (κ3) is 4.63. The molecule has 0 radical (unpaired) electrons. The van der Waals surface area contributed by atoms with Gasteiger partial charge >= 0.3 is 6.18 Å². The molecule has 1 atom stereocenters. The van der Waals surface area contributed by atoms with E-state index in [2.05, 4.69) is 32.2 Å². The zero-order valence-corrected chi connectivity index (χ0v) is 15.2. The van der Waals surface area contributed by atoms with Crippen molar-refractivity contribution in [1.29, 1.82) is 0 Å². The second-order valence-electron chi connectivity index (χ2n) is 5.91. The monoisotopic (exact) mass is 412 g/mol. The molecule has 1 unspecified atom stereocenters. The van der Waals surface area contributed by atoms with Crippen LogP contribution in [-0.2, 0) is 11.0 Å². The number of halogens is 3. The van der Waals surface area contributed by atoms with Gasteiger partial charge in [-0.05, 0) is 12.5 Å². The summed E-state index contributed by atoms with van der Waals surface area (Å²) >= 11 is 1.12. The van der Waals surface area contributed by atoms with Crippen LogP contribution >= 0.6 is 11.3 Å². The number of hydrogen-bond acceptors (Lipinski definition) is 7. The molecule has 1 saturated heterocycles. The molecule has 148 valence electrons. The van der Waals surface area contributed by atoms with E-state index in [0.717, 1.165) is 17.4 Å². The zero-order chi connectivity index (χ0) is 20.3. The molecule has 0 saturated carbocycles. The summed E-state index contributed by atoms with van der Waals surface area (Å²) in [5.41, 5.74) is -0.722. The number of aromatic nitrogens is 3. The minimum atomic E-state index is -4.49. The molecule has 2 N–H and O–H groups in total. The summed E-state index contributed by atoms with van der Waals surface area (Å²) in [4.78, 5) is 36.8. The molecule has 3 rings (SSSR count). The summed E-state index contributed by atoms with van der Waals surface area (Å²) in [6.45, 7) is 4.11. The van der Waals surface area contributed by atoms with E-state index in [9.17, 15) is 22.8 Å². The Bertz CT molecular complexity index is 883. The molecule has 1 aliphatic heterocycles. The highest BCUT2D eigenvalue weighted by Gasteiger charge is 2.32. The number of thiazole rings is 1. The van der Waals surface area contributed by atoms with E-state index in [-0.39, 0.29) is 23.6 Å². The normalized spacial score (nSPS) is 16.7. The third-order valence-electron chi connectivity index (χ3n) is 3.93. The van der Waals surface area contributed by atoms with Gasteiger partial charge in [-0.25, -0.2) is 15.0 Å². The van der Waals surface area contributed by atoms with Crippen LogP contribution in [0.1, 0.15) is 22.5 Å². The molecule has 0 bridgehead atoms. The minimum absolute atomic E-state index is 0.0652. The zero-order valence-electron chi connectivity index (χ0n) is 14.4. The second-order valence-corrected chi connectivity index (χ2v) is 6.76. The third-order valence-corrected chi connectivity index (χ3v) is 4.68. The van der Waals surface area contributed by atoms with Crippen LogP contribution < -0.4 is 10.6 Å². The van der Waals surface area contributed by atoms with Crippen molar-refractivity contribution in [2.24, 2.45) is 0 Å². The Morgan fingerprint density at radius 2 is 2.04 bits per heavy atom. The van der Waals surface area contributed by atoms with Crippen molar-refractivity contribution in [3.8, 4) is 0 Å². The lowest BCUT2D eigenvalue weighted by Gasteiger charge is -2.16. The number of anilines is 2. The lowest BCUT2D eigenvalue weighted by molar-refractivity contribution is -0.138. The molecular formula is C16H15F3N6O2S. The molecule has 2 aromatic rings. The summed E-state index contributed by atoms with van der Waals surface area (Å²) in [5, 5.41) is 7.24. The first-order chi connectivity index (χ1) is 13.3. The quantitative estimate of drug-likeness (QED) is 0.732. The molecule has 12 heteroatoms. The fourth-order valence-electron chi connectivity index (χ4n) is 2.54. The van der Waals surface area contributed by atoms with Gasteiger partial charge in [-0.15, -0.1) is 11.3 Å². The van der Waals surface area contributed by atoms with Crippen molar-refractivity contribution in [3.63, 3.8) is 0 Å². The van der Waals surface area contributed by atoms with Crippen molar-refractivity contribution >= 4 is 34.2 Å². The van der Waals surface area contributed by atoms with Gasteiger partial charge in [-0.1, -0.05) is 6.58 Å². The highest BCUT2D eigenvalue weighted by atomic mass is 32.1. The van der Waals surface area contributed by atoms with Crippen molar-refractivity contribution < 1.29 is 22.8 Å². The number of likely N-dealkylation sites (tertiary alicyclic amines) is 1. The Labute approximate surface area is 161 Å². The highest BCUT2D eigenvalue weighted by Crippen LogP contribution is 2.28. The molecule has 3 heterocycles. The molecule has 8 nitrogen and oxygen atoms in total. The highest BCUT2D eigenvalue weighted by molar-refractivity contribution is 7.14. The Balaban J connectivity index is 1.57. The van der Waals surface area contributed by atoms with E-state index in [1.165, 1.54) is 0 Å². The summed E-state index contributed by atoms with van der Waals surface area (Å²) < 4.78 is 37.6. The van der Waals surface area contributed by atoms with Crippen molar-refractivity contribution in [2.45, 2.75) is 18.6 Å². The van der Waals surface area contributed by atoms with Gasteiger partial charge in [0.1, 0.15) is 5.69 Å². The predicted octanol–water partition coefficient (Wildman–Crippen LogP) is 2.40. The van der Waals surface area contributed by atoms with Gasteiger partial charge in [0.25, 0.3) is 5.91 Å². The number of rotatable bonds is 5. The standard InChI is InChI=1S/C16H15F3N6O2S/c1-2-12(26)24-15-23-11(8-28-15)13(27)25-4-3-10(7-25)22-14-20-5-9(6-21-14)16(17,18)19/h2,5-6,8,10H,1,3-4,7H2,(H,20,21,22)(H,23,24,26). The van der Waals surface area contributed by atoms with Crippen LogP contribution in [0.2, 0.25) is 0 Å². The maximum atomic E-state index is 12.5. The van der Waals surface area contributed by atoms with Gasteiger partial charge in [-0.3, -0.25) is 14.9 Å². The Kier molecular flexibility index (Phi) is 5.58. The Morgan fingerprint density at radius 1 is 1.32 bits per heavy atom. The SMILES string of the molecule is C=CC(=O)Nc1nc(C(=O)N2CCC(Nc3ncc(C(F)(F)F)cn3)C2)cs1. The number of amides is 2. The summed E-state index contributed by atoms with van der Waals surface area (Å²) in [6, 6.07) is -0.195. The van der Waals surface area contributed by atoms with E-state index in [4.69, 9.17) is 0 Å². The molecule has 0 aromatic carbocycles. The average Bonchev–Trinajstić information content (AvgIpc) is 3.30. The van der Waals surface area contributed by atoms with Gasteiger partial charge in [0.05, 0.1) is 5.56 Å². The van der Waals surface area contributed by atoms with Crippen LogP contribution in [0.25, 0.3) is 0 Å². The maximum Gasteiger partial charge on any atom is 0.419 e. The Morgan fingerprint density at radius 3 is 2.68 bits per heavy atom. The van der Waals surface area contributed by atoms with E-state index >= 15 is 0 Å². The second kappa shape index (κ2) is 7.92. The van der Waals surface area contributed by atoms with Gasteiger partial charge in [-0.2, -0.15) is 13.2 Å².